The highest BCUT2D eigenvalue weighted by Crippen LogP contribution is 2.25. The van der Waals surface area contributed by atoms with Crippen LogP contribution in [0.4, 0.5) is 0 Å². The number of nitrogens with zero attached hydrogens (tertiary/aromatic N) is 3. The van der Waals surface area contributed by atoms with Crippen molar-refractivity contribution in [3.8, 4) is 0 Å². The van der Waals surface area contributed by atoms with Crippen LogP contribution in [0.1, 0.15) is 34.6 Å². The fourth-order valence-electron chi connectivity index (χ4n) is 3.17. The fraction of sp³-hybridized carbons (Fsp3) is 0.714. The number of carbonyl (C=O) groups is 1. The molecule has 0 spiro atoms. The van der Waals surface area contributed by atoms with Crippen molar-refractivity contribution in [1.29, 1.82) is 0 Å². The van der Waals surface area contributed by atoms with E-state index in [1.54, 1.807) is 4.90 Å². The highest BCUT2D eigenvalue weighted by Gasteiger charge is 2.36. The molecule has 116 valence electrons. The van der Waals surface area contributed by atoms with Gasteiger partial charge in [0.2, 0.25) is 0 Å². The second-order valence-corrected chi connectivity index (χ2v) is 6.23. The summed E-state index contributed by atoms with van der Waals surface area (Å²) in [7, 11) is 2.02. The number of hydrogen-bond acceptors (Lipinski definition) is 5. The van der Waals surface area contributed by atoms with Gasteiger partial charge in [0.1, 0.15) is 5.60 Å². The normalized spacial score (nSPS) is 26.7. The van der Waals surface area contributed by atoms with Gasteiger partial charge in [0.15, 0.2) is 5.69 Å². The molecule has 1 amide bonds. The van der Waals surface area contributed by atoms with Crippen LogP contribution in [0.3, 0.4) is 0 Å². The predicted molar refractivity (Wildman–Crippen MR) is 75.8 cm³/mol. The average Bonchev–Trinajstić information content (AvgIpc) is 2.89. The zero-order valence-corrected chi connectivity index (χ0v) is 12.3. The maximum absolute atomic E-state index is 12.7. The Morgan fingerprint density at radius 3 is 3.05 bits per heavy atom. The van der Waals surface area contributed by atoms with Gasteiger partial charge in [0.05, 0.1) is 13.2 Å². The zero-order chi connectivity index (χ0) is 15.0. The third kappa shape index (κ3) is 2.68. The number of β-amino-alcohol motifs (C(OH)–C–C–N with tert-alkyl or cyclic N) is 1. The Kier molecular flexibility index (Phi) is 3.73. The van der Waals surface area contributed by atoms with E-state index in [0.29, 0.717) is 31.6 Å². The molecule has 1 saturated heterocycles. The Morgan fingerprint density at radius 2 is 2.29 bits per heavy atom. The fourth-order valence-corrected chi connectivity index (χ4v) is 3.17. The first-order chi connectivity index (χ1) is 10.0. The number of aliphatic hydroxyl groups is 2. The Hall–Kier alpha value is -1.44. The smallest absolute Gasteiger partial charge is 0.274 e. The Labute approximate surface area is 123 Å². The molecule has 2 aliphatic rings. The van der Waals surface area contributed by atoms with E-state index in [1.165, 1.54) is 0 Å². The average molecular weight is 294 g/mol. The third-order valence-electron chi connectivity index (χ3n) is 4.46. The molecule has 21 heavy (non-hydrogen) atoms. The molecule has 0 bridgehead atoms. The Balaban J connectivity index is 1.81. The number of likely N-dealkylation sites (N-methyl/N-ethyl adjacent to an activating group) is 1. The van der Waals surface area contributed by atoms with Crippen molar-refractivity contribution in [1.82, 2.24) is 20.0 Å². The third-order valence-corrected chi connectivity index (χ3v) is 4.46. The second kappa shape index (κ2) is 5.40. The van der Waals surface area contributed by atoms with E-state index in [-0.39, 0.29) is 19.1 Å². The molecule has 1 atom stereocenters. The van der Waals surface area contributed by atoms with Gasteiger partial charge in [0, 0.05) is 37.3 Å². The molecule has 1 fully saturated rings. The standard InChI is InChI=1S/C14H22N4O3/c1-17-6-3-11-10(7-17)12(16-15-11)13(20)18-5-2-4-14(21,8-18)9-19/h19,21H,2-9H2,1H3,(H,15,16). The topological polar surface area (TPSA) is 92.7 Å². The number of nitrogens with one attached hydrogen (secondary N) is 1. The summed E-state index contributed by atoms with van der Waals surface area (Å²) in [6.45, 7) is 2.11. The zero-order valence-electron chi connectivity index (χ0n) is 12.3. The van der Waals surface area contributed by atoms with E-state index in [9.17, 15) is 15.0 Å². The largest absolute Gasteiger partial charge is 0.393 e. The van der Waals surface area contributed by atoms with Crippen LogP contribution >= 0.6 is 0 Å². The van der Waals surface area contributed by atoms with Gasteiger partial charge < -0.3 is 20.0 Å². The first-order valence-corrected chi connectivity index (χ1v) is 7.39. The van der Waals surface area contributed by atoms with E-state index in [0.717, 1.165) is 24.2 Å². The van der Waals surface area contributed by atoms with E-state index in [4.69, 9.17) is 0 Å². The number of aliphatic hydroxyl groups excluding tert-OH is 1. The summed E-state index contributed by atoms with van der Waals surface area (Å²) < 4.78 is 0. The highest BCUT2D eigenvalue weighted by atomic mass is 16.3. The van der Waals surface area contributed by atoms with E-state index in [2.05, 4.69) is 15.1 Å². The van der Waals surface area contributed by atoms with Crippen molar-refractivity contribution >= 4 is 5.91 Å². The number of aromatic amines is 1. The van der Waals surface area contributed by atoms with Crippen molar-refractivity contribution in [3.63, 3.8) is 0 Å². The van der Waals surface area contributed by atoms with E-state index < -0.39 is 5.60 Å². The summed E-state index contributed by atoms with van der Waals surface area (Å²) >= 11 is 0. The summed E-state index contributed by atoms with van der Waals surface area (Å²) in [6, 6.07) is 0. The van der Waals surface area contributed by atoms with Crippen LogP contribution in [0.5, 0.6) is 0 Å². The molecule has 3 heterocycles. The number of piperidine rings is 1. The summed E-state index contributed by atoms with van der Waals surface area (Å²) in [5, 5.41) is 26.6. The quantitative estimate of drug-likeness (QED) is 0.674. The van der Waals surface area contributed by atoms with Crippen LogP contribution < -0.4 is 0 Å². The lowest BCUT2D eigenvalue weighted by atomic mass is 9.93. The Bertz CT molecular complexity index is 544. The number of rotatable bonds is 2. The van der Waals surface area contributed by atoms with Gasteiger partial charge in [-0.25, -0.2) is 0 Å². The van der Waals surface area contributed by atoms with Gasteiger partial charge in [0.25, 0.3) is 5.91 Å². The molecule has 1 unspecified atom stereocenters. The van der Waals surface area contributed by atoms with Crippen molar-refractivity contribution in [2.45, 2.75) is 31.4 Å². The lowest BCUT2D eigenvalue weighted by Crippen LogP contribution is -2.52. The second-order valence-electron chi connectivity index (χ2n) is 6.23. The number of likely N-dealkylation sites (tertiary alicyclic amines) is 1. The number of hydrogen-bond donors (Lipinski definition) is 3. The van der Waals surface area contributed by atoms with Gasteiger partial charge in [-0.1, -0.05) is 0 Å². The van der Waals surface area contributed by atoms with Crippen molar-refractivity contribution < 1.29 is 15.0 Å². The van der Waals surface area contributed by atoms with Gasteiger partial charge in [-0.2, -0.15) is 5.10 Å². The van der Waals surface area contributed by atoms with Crippen LogP contribution in [0, 0.1) is 0 Å². The Morgan fingerprint density at radius 1 is 1.48 bits per heavy atom. The van der Waals surface area contributed by atoms with Crippen molar-refractivity contribution in [2.24, 2.45) is 0 Å². The lowest BCUT2D eigenvalue weighted by Gasteiger charge is -2.38. The van der Waals surface area contributed by atoms with Gasteiger partial charge in [-0.05, 0) is 19.9 Å². The summed E-state index contributed by atoms with van der Waals surface area (Å²) in [5.74, 6) is -0.158. The van der Waals surface area contributed by atoms with Crippen molar-refractivity contribution in [2.75, 3.05) is 33.3 Å². The minimum absolute atomic E-state index is 0.158. The number of aromatic nitrogens is 2. The van der Waals surface area contributed by atoms with E-state index in [1.807, 2.05) is 7.05 Å². The molecule has 3 rings (SSSR count). The molecule has 0 aromatic carbocycles. The van der Waals surface area contributed by atoms with Crippen molar-refractivity contribution in [3.05, 3.63) is 17.0 Å². The SMILES string of the molecule is CN1CCc2[nH]nc(C(=O)N3CCCC(O)(CO)C3)c2C1. The molecule has 1 aromatic rings. The molecule has 3 N–H and O–H groups in total. The summed E-state index contributed by atoms with van der Waals surface area (Å²) in [6.07, 6.45) is 2.08. The maximum atomic E-state index is 12.7. The molecule has 7 nitrogen and oxygen atoms in total. The molecule has 7 heteroatoms. The van der Waals surface area contributed by atoms with Crippen LogP contribution in [0.15, 0.2) is 0 Å². The van der Waals surface area contributed by atoms with Crippen LogP contribution in [0.25, 0.3) is 0 Å². The summed E-state index contributed by atoms with van der Waals surface area (Å²) in [4.78, 5) is 16.4. The maximum Gasteiger partial charge on any atom is 0.274 e. The number of fused-ring (bicyclic) bond motifs is 1. The predicted octanol–water partition coefficient (Wildman–Crippen LogP) is -0.643. The number of carbonyl (C=O) groups excluding carboxylic acids is 1. The lowest BCUT2D eigenvalue weighted by molar-refractivity contribution is -0.0599. The molecular formula is C14H22N4O3. The first kappa shape index (κ1) is 14.5. The van der Waals surface area contributed by atoms with Crippen LogP contribution in [-0.4, -0.2) is 75.0 Å². The molecule has 0 radical (unpaired) electrons. The molecule has 0 aliphatic carbocycles. The van der Waals surface area contributed by atoms with Gasteiger partial charge in [-0.3, -0.25) is 9.89 Å². The minimum atomic E-state index is -1.18. The van der Waals surface area contributed by atoms with Crippen LogP contribution in [0.2, 0.25) is 0 Å². The first-order valence-electron chi connectivity index (χ1n) is 7.39. The molecular weight excluding hydrogens is 272 g/mol. The van der Waals surface area contributed by atoms with E-state index >= 15 is 0 Å². The summed E-state index contributed by atoms with van der Waals surface area (Å²) in [5.41, 5.74) is 1.28. The minimum Gasteiger partial charge on any atom is -0.393 e. The van der Waals surface area contributed by atoms with Crippen LogP contribution in [-0.2, 0) is 13.0 Å². The number of H-pyrrole nitrogens is 1. The molecule has 0 saturated carbocycles. The number of amides is 1. The molecule has 1 aromatic heterocycles. The van der Waals surface area contributed by atoms with Gasteiger partial charge >= 0.3 is 0 Å². The molecule has 2 aliphatic heterocycles. The van der Waals surface area contributed by atoms with Gasteiger partial charge in [-0.15, -0.1) is 0 Å². The highest BCUT2D eigenvalue weighted by molar-refractivity contribution is 5.94. The monoisotopic (exact) mass is 294 g/mol.